The van der Waals surface area contributed by atoms with Crippen LogP contribution in [0.4, 0.5) is 0 Å². The van der Waals surface area contributed by atoms with Gasteiger partial charge in [-0.05, 0) is 64.2 Å². The number of fused-ring (bicyclic) bond motifs is 2. The number of aromatic nitrogens is 3. The molecule has 1 amide bonds. The molecule has 0 spiro atoms. The molecule has 3 unspecified atom stereocenters. The van der Waals surface area contributed by atoms with Crippen molar-refractivity contribution in [2.75, 3.05) is 0 Å². The summed E-state index contributed by atoms with van der Waals surface area (Å²) in [6.07, 6.45) is 4.83. The van der Waals surface area contributed by atoms with Crippen molar-refractivity contribution in [3.63, 3.8) is 0 Å². The Morgan fingerprint density at radius 3 is 2.56 bits per heavy atom. The van der Waals surface area contributed by atoms with Crippen molar-refractivity contribution in [3.8, 4) is 0 Å². The van der Waals surface area contributed by atoms with E-state index in [1.807, 2.05) is 20.8 Å². The third-order valence-electron chi connectivity index (χ3n) is 6.84. The van der Waals surface area contributed by atoms with Crippen LogP contribution in [0, 0.1) is 23.7 Å². The number of amides is 1. The number of hydrogen-bond acceptors (Lipinski definition) is 6. The van der Waals surface area contributed by atoms with Crippen molar-refractivity contribution < 1.29 is 24.2 Å². The van der Waals surface area contributed by atoms with Crippen LogP contribution >= 0.6 is 0 Å². The first-order valence-corrected chi connectivity index (χ1v) is 11.2. The number of aromatic carboxylic acids is 1. The first-order chi connectivity index (χ1) is 15.0. The standard InChI is InChI=1S/C23H30N4O5/c1-12-13-7-8-16(15(13)6-5-14(12)22(31)32-23(2,3)4)26-20(28)18-11-17(21(29)30)25-19-9-10-24-27(18)19/h9-16H,5-8H2,1-4H3,(H,26,28)(H,29,30)/t12?,13?,14?,15-,16+/m1/s1. The number of hydrogen-bond donors (Lipinski definition) is 2. The second kappa shape index (κ2) is 8.18. The quantitative estimate of drug-likeness (QED) is 0.698. The zero-order valence-corrected chi connectivity index (χ0v) is 18.9. The van der Waals surface area contributed by atoms with Gasteiger partial charge in [0.15, 0.2) is 11.3 Å². The summed E-state index contributed by atoms with van der Waals surface area (Å²) in [7, 11) is 0. The Labute approximate surface area is 186 Å². The fourth-order valence-electron chi connectivity index (χ4n) is 5.42. The molecule has 0 aromatic carbocycles. The first-order valence-electron chi connectivity index (χ1n) is 11.2. The van der Waals surface area contributed by atoms with Crippen LogP contribution in [0.15, 0.2) is 18.3 Å². The summed E-state index contributed by atoms with van der Waals surface area (Å²) in [5.74, 6) is -1.01. The van der Waals surface area contributed by atoms with Gasteiger partial charge in [-0.1, -0.05) is 6.92 Å². The topological polar surface area (TPSA) is 123 Å². The largest absolute Gasteiger partial charge is 0.477 e. The highest BCUT2D eigenvalue weighted by atomic mass is 16.6. The predicted octanol–water partition coefficient (Wildman–Crippen LogP) is 2.94. The summed E-state index contributed by atoms with van der Waals surface area (Å²) in [4.78, 5) is 41.2. The minimum Gasteiger partial charge on any atom is -0.477 e. The van der Waals surface area contributed by atoms with Gasteiger partial charge >= 0.3 is 11.9 Å². The number of esters is 1. The summed E-state index contributed by atoms with van der Waals surface area (Å²) in [6, 6.07) is 2.79. The van der Waals surface area contributed by atoms with E-state index in [1.54, 1.807) is 6.07 Å². The lowest BCUT2D eigenvalue weighted by Crippen LogP contribution is -2.44. The highest BCUT2D eigenvalue weighted by molar-refractivity contribution is 5.96. The molecule has 0 saturated heterocycles. The Kier molecular flexibility index (Phi) is 5.68. The molecule has 5 atom stereocenters. The number of carbonyl (C=O) groups excluding carboxylic acids is 2. The fourth-order valence-corrected chi connectivity index (χ4v) is 5.42. The smallest absolute Gasteiger partial charge is 0.354 e. The Morgan fingerprint density at radius 1 is 1.16 bits per heavy atom. The number of carboxylic acids is 1. The number of nitrogens with one attached hydrogen (secondary N) is 1. The normalized spacial score (nSPS) is 27.7. The molecule has 2 aromatic rings. The third-order valence-corrected chi connectivity index (χ3v) is 6.84. The molecule has 2 saturated carbocycles. The molecule has 2 heterocycles. The van der Waals surface area contributed by atoms with E-state index < -0.39 is 11.6 Å². The number of nitrogens with zero attached hydrogens (tertiary/aromatic N) is 3. The zero-order valence-electron chi connectivity index (χ0n) is 18.9. The minimum absolute atomic E-state index is 0.0263. The van der Waals surface area contributed by atoms with Crippen LogP contribution in [0.25, 0.3) is 5.65 Å². The van der Waals surface area contributed by atoms with Crippen molar-refractivity contribution in [1.82, 2.24) is 19.9 Å². The second-order valence-corrected chi connectivity index (χ2v) is 9.99. The molecule has 2 N–H and O–H groups in total. The summed E-state index contributed by atoms with van der Waals surface area (Å²) in [5.41, 5.74) is -0.238. The SMILES string of the molecule is CC1C(C(=O)OC(C)(C)C)CC[C@@H]2C1CC[C@@H]2NC(=O)c1cc(C(=O)O)nc2ccnn12. The first kappa shape index (κ1) is 22.2. The number of ether oxygens (including phenoxy) is 1. The monoisotopic (exact) mass is 442 g/mol. The Bertz CT molecular complexity index is 1060. The van der Waals surface area contributed by atoms with E-state index in [0.717, 1.165) is 25.7 Å². The Balaban J connectivity index is 1.48. The van der Waals surface area contributed by atoms with Crippen molar-refractivity contribution in [3.05, 3.63) is 29.7 Å². The van der Waals surface area contributed by atoms with Gasteiger partial charge in [0, 0.05) is 18.2 Å². The molecule has 172 valence electrons. The van der Waals surface area contributed by atoms with Gasteiger partial charge in [-0.2, -0.15) is 5.10 Å². The van der Waals surface area contributed by atoms with Crippen LogP contribution in [0.2, 0.25) is 0 Å². The van der Waals surface area contributed by atoms with Crippen LogP contribution in [-0.4, -0.2) is 49.2 Å². The summed E-state index contributed by atoms with van der Waals surface area (Å²) in [5, 5.41) is 16.6. The second-order valence-electron chi connectivity index (χ2n) is 9.99. The van der Waals surface area contributed by atoms with Gasteiger partial charge in [0.1, 0.15) is 11.3 Å². The number of carboxylic acid groups (broad SMARTS) is 1. The molecule has 2 aliphatic rings. The van der Waals surface area contributed by atoms with Crippen LogP contribution in [0.5, 0.6) is 0 Å². The van der Waals surface area contributed by atoms with E-state index >= 15 is 0 Å². The van der Waals surface area contributed by atoms with Gasteiger partial charge in [-0.25, -0.2) is 14.3 Å². The van der Waals surface area contributed by atoms with Crippen molar-refractivity contribution in [2.45, 2.75) is 65.0 Å². The molecule has 32 heavy (non-hydrogen) atoms. The molecule has 0 radical (unpaired) electrons. The van der Waals surface area contributed by atoms with Gasteiger partial charge in [0.05, 0.1) is 12.1 Å². The number of rotatable bonds is 4. The zero-order chi connectivity index (χ0) is 23.2. The molecular formula is C23H30N4O5. The fraction of sp³-hybridized carbons (Fsp3) is 0.609. The molecule has 4 rings (SSSR count). The average Bonchev–Trinajstić information content (AvgIpc) is 3.33. The third kappa shape index (κ3) is 4.20. The van der Waals surface area contributed by atoms with Crippen molar-refractivity contribution in [1.29, 1.82) is 0 Å². The molecule has 9 heteroatoms. The Morgan fingerprint density at radius 2 is 1.88 bits per heavy atom. The summed E-state index contributed by atoms with van der Waals surface area (Å²) in [6.45, 7) is 7.76. The van der Waals surface area contributed by atoms with Crippen LogP contribution in [0.1, 0.15) is 74.4 Å². The van der Waals surface area contributed by atoms with Gasteiger partial charge in [0.2, 0.25) is 0 Å². The van der Waals surface area contributed by atoms with Crippen LogP contribution < -0.4 is 5.32 Å². The predicted molar refractivity (Wildman–Crippen MR) is 115 cm³/mol. The van der Waals surface area contributed by atoms with Gasteiger partial charge < -0.3 is 15.2 Å². The van der Waals surface area contributed by atoms with Crippen molar-refractivity contribution in [2.24, 2.45) is 23.7 Å². The van der Waals surface area contributed by atoms with E-state index in [1.165, 1.54) is 16.8 Å². The molecule has 0 bridgehead atoms. The van der Waals surface area contributed by atoms with Crippen LogP contribution in [-0.2, 0) is 9.53 Å². The molecule has 2 aliphatic carbocycles. The van der Waals surface area contributed by atoms with Gasteiger partial charge in [-0.15, -0.1) is 0 Å². The van der Waals surface area contributed by atoms with Crippen LogP contribution in [0.3, 0.4) is 0 Å². The highest BCUT2D eigenvalue weighted by Crippen LogP contribution is 2.48. The molecule has 9 nitrogen and oxygen atoms in total. The van der Waals surface area contributed by atoms with Gasteiger partial charge in [-0.3, -0.25) is 9.59 Å². The lowest BCUT2D eigenvalue weighted by Gasteiger charge is -2.39. The summed E-state index contributed by atoms with van der Waals surface area (Å²) >= 11 is 0. The molecule has 2 aromatic heterocycles. The maximum atomic E-state index is 13.1. The van der Waals surface area contributed by atoms with Gasteiger partial charge in [0.25, 0.3) is 5.91 Å². The maximum absolute atomic E-state index is 13.1. The molecule has 0 aliphatic heterocycles. The number of carbonyl (C=O) groups is 3. The van der Waals surface area contributed by atoms with Crippen molar-refractivity contribution >= 4 is 23.5 Å². The average molecular weight is 443 g/mol. The van der Waals surface area contributed by atoms with E-state index in [0.29, 0.717) is 11.6 Å². The molecule has 2 fully saturated rings. The lowest BCUT2D eigenvalue weighted by atomic mass is 9.68. The highest BCUT2D eigenvalue weighted by Gasteiger charge is 2.47. The minimum atomic E-state index is -1.20. The van der Waals surface area contributed by atoms with E-state index in [2.05, 4.69) is 22.3 Å². The van der Waals surface area contributed by atoms with E-state index in [4.69, 9.17) is 4.74 Å². The van der Waals surface area contributed by atoms with E-state index in [-0.39, 0.29) is 47.1 Å². The molecular weight excluding hydrogens is 412 g/mol. The maximum Gasteiger partial charge on any atom is 0.354 e. The Hall–Kier alpha value is -2.97. The summed E-state index contributed by atoms with van der Waals surface area (Å²) < 4.78 is 6.99. The lowest BCUT2D eigenvalue weighted by molar-refractivity contribution is -0.164. The van der Waals surface area contributed by atoms with E-state index in [9.17, 15) is 19.5 Å².